The molecule has 1 aliphatic heterocycles. The van der Waals surface area contributed by atoms with Crippen molar-refractivity contribution in [1.82, 2.24) is 4.90 Å². The highest BCUT2D eigenvalue weighted by Crippen LogP contribution is 2.36. The van der Waals surface area contributed by atoms with Crippen LogP contribution >= 0.6 is 58.3 Å². The summed E-state index contributed by atoms with van der Waals surface area (Å²) in [6, 6.07) is 16.0. The van der Waals surface area contributed by atoms with Crippen molar-refractivity contribution < 1.29 is 14.0 Å². The first-order valence-corrected chi connectivity index (χ1v) is 11.4. The SMILES string of the molecule is O=C1S/C(=C\c2ccc(Sc3ccc(Cl)cc3)o2)C(=O)N1Cc1ccc(Cl)c(Cl)c1. The molecule has 152 valence electrons. The van der Waals surface area contributed by atoms with E-state index in [0.29, 0.717) is 36.4 Å². The molecule has 9 heteroatoms. The lowest BCUT2D eigenvalue weighted by Crippen LogP contribution is -2.27. The van der Waals surface area contributed by atoms with E-state index in [1.807, 2.05) is 18.2 Å². The Balaban J connectivity index is 1.47. The van der Waals surface area contributed by atoms with Gasteiger partial charge in [-0.2, -0.15) is 0 Å². The molecule has 4 nitrogen and oxygen atoms in total. The molecule has 1 fully saturated rings. The molecule has 2 aromatic carbocycles. The molecule has 0 N–H and O–H groups in total. The van der Waals surface area contributed by atoms with Crippen LogP contribution in [0.15, 0.2) is 73.9 Å². The van der Waals surface area contributed by atoms with Crippen molar-refractivity contribution >= 4 is 75.5 Å². The van der Waals surface area contributed by atoms with E-state index in [9.17, 15) is 9.59 Å². The first-order valence-electron chi connectivity index (χ1n) is 8.61. The van der Waals surface area contributed by atoms with Gasteiger partial charge in [0.05, 0.1) is 21.5 Å². The van der Waals surface area contributed by atoms with E-state index < -0.39 is 0 Å². The van der Waals surface area contributed by atoms with Gasteiger partial charge < -0.3 is 4.42 Å². The third-order valence-corrected chi connectivity index (χ3v) is 6.93. The molecule has 2 amide bonds. The predicted octanol–water partition coefficient (Wildman–Crippen LogP) is 7.63. The van der Waals surface area contributed by atoms with Gasteiger partial charge in [0.1, 0.15) is 5.76 Å². The van der Waals surface area contributed by atoms with Gasteiger partial charge >= 0.3 is 0 Å². The average Bonchev–Trinajstić information content (AvgIpc) is 3.26. The first kappa shape index (κ1) is 21.4. The van der Waals surface area contributed by atoms with Crippen molar-refractivity contribution in [3.05, 3.63) is 85.9 Å². The molecule has 30 heavy (non-hydrogen) atoms. The van der Waals surface area contributed by atoms with Gasteiger partial charge in [-0.25, -0.2) is 0 Å². The smallest absolute Gasteiger partial charge is 0.293 e. The maximum atomic E-state index is 12.7. The Morgan fingerprint density at radius 2 is 1.73 bits per heavy atom. The number of imide groups is 1. The minimum atomic E-state index is -0.376. The molecular weight excluding hydrogens is 485 g/mol. The van der Waals surface area contributed by atoms with Gasteiger partial charge in [-0.1, -0.05) is 52.6 Å². The number of nitrogens with zero attached hydrogens (tertiary/aromatic N) is 1. The standard InChI is InChI=1S/C21H12Cl3NO3S2/c22-13-2-5-15(6-3-13)29-19-8-4-14(28-19)10-18-20(26)25(21(27)30-18)11-12-1-7-16(23)17(24)9-12/h1-10H,11H2/b18-10-. The third-order valence-electron chi connectivity index (χ3n) is 4.11. The molecule has 1 aromatic heterocycles. The van der Waals surface area contributed by atoms with Crippen molar-refractivity contribution in [3.8, 4) is 0 Å². The number of thioether (sulfide) groups is 1. The monoisotopic (exact) mass is 495 g/mol. The molecule has 0 bridgehead atoms. The number of hydrogen-bond acceptors (Lipinski definition) is 5. The number of furan rings is 1. The number of halogens is 3. The number of carbonyl (C=O) groups excluding carboxylic acids is 2. The van der Waals surface area contributed by atoms with Crippen LogP contribution in [0.2, 0.25) is 15.1 Å². The number of hydrogen-bond donors (Lipinski definition) is 0. The average molecular weight is 497 g/mol. The highest BCUT2D eigenvalue weighted by molar-refractivity contribution is 8.18. The fraction of sp³-hybridized carbons (Fsp3) is 0.0476. The van der Waals surface area contributed by atoms with Gasteiger partial charge in [0, 0.05) is 16.0 Å². The summed E-state index contributed by atoms with van der Waals surface area (Å²) in [5, 5.41) is 1.77. The molecule has 0 atom stereocenters. The molecular formula is C21H12Cl3NO3S2. The fourth-order valence-electron chi connectivity index (χ4n) is 2.67. The van der Waals surface area contributed by atoms with Gasteiger partial charge in [0.25, 0.3) is 11.1 Å². The zero-order valence-electron chi connectivity index (χ0n) is 15.1. The number of amides is 2. The van der Waals surface area contributed by atoms with Crippen molar-refractivity contribution in [2.75, 3.05) is 0 Å². The fourth-order valence-corrected chi connectivity index (χ4v) is 4.72. The van der Waals surface area contributed by atoms with E-state index in [0.717, 1.165) is 16.7 Å². The molecule has 1 aliphatic rings. The second-order valence-corrected chi connectivity index (χ2v) is 9.55. The van der Waals surface area contributed by atoms with E-state index in [4.69, 9.17) is 39.2 Å². The van der Waals surface area contributed by atoms with Crippen molar-refractivity contribution in [2.45, 2.75) is 16.5 Å². The Bertz CT molecular complexity index is 1160. The normalized spacial score (nSPS) is 15.4. The van der Waals surface area contributed by atoms with Crippen LogP contribution in [0.25, 0.3) is 6.08 Å². The second-order valence-electron chi connectivity index (χ2n) is 6.23. The van der Waals surface area contributed by atoms with Crippen LogP contribution in [-0.2, 0) is 11.3 Å². The Morgan fingerprint density at radius 1 is 0.967 bits per heavy atom. The summed E-state index contributed by atoms with van der Waals surface area (Å²) in [4.78, 5) is 27.5. The summed E-state index contributed by atoms with van der Waals surface area (Å²) in [6.45, 7) is 0.120. The summed E-state index contributed by atoms with van der Waals surface area (Å²) >= 11 is 20.1. The maximum absolute atomic E-state index is 12.7. The zero-order chi connectivity index (χ0) is 21.3. The molecule has 0 spiro atoms. The maximum Gasteiger partial charge on any atom is 0.293 e. The molecule has 0 saturated carbocycles. The molecule has 1 saturated heterocycles. The molecule has 3 aromatic rings. The van der Waals surface area contributed by atoms with Crippen LogP contribution in [0, 0.1) is 0 Å². The lowest BCUT2D eigenvalue weighted by Gasteiger charge is -2.12. The van der Waals surface area contributed by atoms with Crippen molar-refractivity contribution in [3.63, 3.8) is 0 Å². The summed E-state index contributed by atoms with van der Waals surface area (Å²) in [5.74, 6) is 0.117. The summed E-state index contributed by atoms with van der Waals surface area (Å²) in [6.07, 6.45) is 1.58. The molecule has 4 rings (SSSR count). The minimum absolute atomic E-state index is 0.120. The highest BCUT2D eigenvalue weighted by atomic mass is 35.5. The molecule has 0 aliphatic carbocycles. The molecule has 0 unspecified atom stereocenters. The van der Waals surface area contributed by atoms with Gasteiger partial charge in [-0.15, -0.1) is 0 Å². The molecule has 0 radical (unpaired) electrons. The van der Waals surface area contributed by atoms with Gasteiger partial charge in [-0.3, -0.25) is 14.5 Å². The molecule has 2 heterocycles. The summed E-state index contributed by atoms with van der Waals surface area (Å²) < 4.78 is 5.77. The van der Waals surface area contributed by atoms with Crippen LogP contribution < -0.4 is 0 Å². The second kappa shape index (κ2) is 9.12. The van der Waals surface area contributed by atoms with E-state index in [2.05, 4.69) is 0 Å². The number of rotatable bonds is 5. The van der Waals surface area contributed by atoms with E-state index >= 15 is 0 Å². The summed E-state index contributed by atoms with van der Waals surface area (Å²) in [5.41, 5.74) is 0.715. The summed E-state index contributed by atoms with van der Waals surface area (Å²) in [7, 11) is 0. The Kier molecular flexibility index (Phi) is 6.51. The van der Waals surface area contributed by atoms with E-state index in [1.165, 1.54) is 16.7 Å². The van der Waals surface area contributed by atoms with Gasteiger partial charge in [0.2, 0.25) is 0 Å². The lowest BCUT2D eigenvalue weighted by molar-refractivity contribution is -0.123. The zero-order valence-corrected chi connectivity index (χ0v) is 19.0. The number of benzene rings is 2. The van der Waals surface area contributed by atoms with Crippen LogP contribution in [0.4, 0.5) is 4.79 Å². The lowest BCUT2D eigenvalue weighted by atomic mass is 10.2. The topological polar surface area (TPSA) is 50.5 Å². The van der Waals surface area contributed by atoms with Crippen molar-refractivity contribution in [2.24, 2.45) is 0 Å². The number of carbonyl (C=O) groups is 2. The van der Waals surface area contributed by atoms with Gasteiger partial charge in [-0.05, 0) is 65.9 Å². The Labute approximate surface area is 196 Å². The quantitative estimate of drug-likeness (QED) is 0.340. The van der Waals surface area contributed by atoms with Crippen LogP contribution in [0.1, 0.15) is 11.3 Å². The van der Waals surface area contributed by atoms with Crippen LogP contribution in [-0.4, -0.2) is 16.0 Å². The largest absolute Gasteiger partial charge is 0.450 e. The van der Waals surface area contributed by atoms with Crippen LogP contribution in [0.5, 0.6) is 0 Å². The van der Waals surface area contributed by atoms with Crippen LogP contribution in [0.3, 0.4) is 0 Å². The Morgan fingerprint density at radius 3 is 2.47 bits per heavy atom. The van der Waals surface area contributed by atoms with Crippen molar-refractivity contribution in [1.29, 1.82) is 0 Å². The van der Waals surface area contributed by atoms with Gasteiger partial charge in [0.15, 0.2) is 5.09 Å². The van der Waals surface area contributed by atoms with E-state index in [-0.39, 0.29) is 17.7 Å². The Hall–Kier alpha value is -1.83. The highest BCUT2D eigenvalue weighted by Gasteiger charge is 2.35. The minimum Gasteiger partial charge on any atom is -0.450 e. The third kappa shape index (κ3) is 4.90. The first-order chi connectivity index (χ1) is 14.4. The predicted molar refractivity (Wildman–Crippen MR) is 122 cm³/mol. The van der Waals surface area contributed by atoms with E-state index in [1.54, 1.807) is 42.5 Å².